The Morgan fingerprint density at radius 2 is 2.05 bits per heavy atom. The Morgan fingerprint density at radius 1 is 1.24 bits per heavy atom. The number of aromatic nitrogens is 1. The molecule has 1 N–H and O–H groups in total. The van der Waals surface area contributed by atoms with Gasteiger partial charge in [0.1, 0.15) is 0 Å². The van der Waals surface area contributed by atoms with Crippen LogP contribution in [0, 0.1) is 12.8 Å². The molecular formula is C18H26N2S. The minimum absolute atomic E-state index is 0.165. The third-order valence-corrected chi connectivity index (χ3v) is 4.30. The zero-order valence-electron chi connectivity index (χ0n) is 13.5. The van der Waals surface area contributed by atoms with Gasteiger partial charge in [0, 0.05) is 16.6 Å². The molecule has 0 saturated carbocycles. The first kappa shape index (κ1) is 16.2. The molecule has 114 valence electrons. The van der Waals surface area contributed by atoms with Crippen molar-refractivity contribution in [3.63, 3.8) is 0 Å². The summed E-state index contributed by atoms with van der Waals surface area (Å²) in [6.45, 7) is 9.88. The summed E-state index contributed by atoms with van der Waals surface area (Å²) in [6, 6.07) is 8.86. The SMILES string of the molecule is Cc1cccc(CC(CNC(C)(C)C)Cc2cncs2)c1. The van der Waals surface area contributed by atoms with Gasteiger partial charge in [0.05, 0.1) is 5.51 Å². The normalized spacial score (nSPS) is 13.3. The topological polar surface area (TPSA) is 24.9 Å². The van der Waals surface area contributed by atoms with Gasteiger partial charge in [-0.2, -0.15) is 0 Å². The average molecular weight is 302 g/mol. The van der Waals surface area contributed by atoms with Gasteiger partial charge in [-0.1, -0.05) is 29.8 Å². The Morgan fingerprint density at radius 3 is 2.67 bits per heavy atom. The molecule has 1 heterocycles. The quantitative estimate of drug-likeness (QED) is 0.863. The van der Waals surface area contributed by atoms with Crippen molar-refractivity contribution >= 4 is 11.3 Å². The van der Waals surface area contributed by atoms with Gasteiger partial charge in [-0.25, -0.2) is 0 Å². The maximum atomic E-state index is 4.20. The first-order valence-electron chi connectivity index (χ1n) is 7.60. The highest BCUT2D eigenvalue weighted by Gasteiger charge is 2.16. The Hall–Kier alpha value is -1.19. The van der Waals surface area contributed by atoms with Crippen molar-refractivity contribution in [2.75, 3.05) is 6.54 Å². The molecule has 0 aliphatic rings. The third kappa shape index (κ3) is 5.98. The van der Waals surface area contributed by atoms with Gasteiger partial charge in [-0.3, -0.25) is 4.98 Å². The molecule has 0 aliphatic heterocycles. The predicted octanol–water partition coefficient (Wildman–Crippen LogP) is 4.24. The van der Waals surface area contributed by atoms with Crippen LogP contribution in [0.2, 0.25) is 0 Å². The van der Waals surface area contributed by atoms with Gasteiger partial charge in [-0.15, -0.1) is 11.3 Å². The molecule has 2 nitrogen and oxygen atoms in total. The Labute approximate surface area is 132 Å². The second kappa shape index (κ2) is 7.19. The number of hydrogen-bond donors (Lipinski definition) is 1. The van der Waals surface area contributed by atoms with E-state index in [0.717, 1.165) is 19.4 Å². The lowest BCUT2D eigenvalue weighted by molar-refractivity contribution is 0.368. The number of nitrogens with one attached hydrogen (secondary N) is 1. The smallest absolute Gasteiger partial charge is 0.0794 e. The summed E-state index contributed by atoms with van der Waals surface area (Å²) in [5.41, 5.74) is 4.86. The second-order valence-electron chi connectivity index (χ2n) is 6.86. The molecule has 0 saturated heterocycles. The molecule has 1 aromatic heterocycles. The monoisotopic (exact) mass is 302 g/mol. The van der Waals surface area contributed by atoms with E-state index in [9.17, 15) is 0 Å². The van der Waals surface area contributed by atoms with E-state index in [-0.39, 0.29) is 5.54 Å². The Bertz CT molecular complexity index is 541. The van der Waals surface area contributed by atoms with Crippen molar-refractivity contribution in [3.8, 4) is 0 Å². The van der Waals surface area contributed by atoms with E-state index in [2.05, 4.69) is 62.3 Å². The molecule has 21 heavy (non-hydrogen) atoms. The van der Waals surface area contributed by atoms with Crippen molar-refractivity contribution in [3.05, 3.63) is 52.0 Å². The van der Waals surface area contributed by atoms with Crippen LogP contribution in [0.15, 0.2) is 36.0 Å². The summed E-state index contributed by atoms with van der Waals surface area (Å²) < 4.78 is 0. The number of nitrogens with zero attached hydrogens (tertiary/aromatic N) is 1. The predicted molar refractivity (Wildman–Crippen MR) is 91.9 cm³/mol. The van der Waals surface area contributed by atoms with Gasteiger partial charge < -0.3 is 5.32 Å². The summed E-state index contributed by atoms with van der Waals surface area (Å²) in [6.07, 6.45) is 4.22. The van der Waals surface area contributed by atoms with Crippen LogP contribution in [-0.2, 0) is 12.8 Å². The minimum atomic E-state index is 0.165. The van der Waals surface area contributed by atoms with Crippen LogP contribution in [0.3, 0.4) is 0 Å². The van der Waals surface area contributed by atoms with Crippen molar-refractivity contribution in [1.29, 1.82) is 0 Å². The van der Waals surface area contributed by atoms with Gasteiger partial charge in [0.15, 0.2) is 0 Å². The second-order valence-corrected chi connectivity index (χ2v) is 7.83. The van der Waals surface area contributed by atoms with Crippen LogP contribution in [-0.4, -0.2) is 17.1 Å². The van der Waals surface area contributed by atoms with E-state index in [1.807, 2.05) is 11.7 Å². The number of thiazole rings is 1. The van der Waals surface area contributed by atoms with Crippen LogP contribution in [0.25, 0.3) is 0 Å². The van der Waals surface area contributed by atoms with Crippen LogP contribution in [0.5, 0.6) is 0 Å². The maximum absolute atomic E-state index is 4.20. The minimum Gasteiger partial charge on any atom is -0.312 e. The molecule has 0 bridgehead atoms. The number of aryl methyl sites for hydroxylation is 1. The zero-order valence-corrected chi connectivity index (χ0v) is 14.3. The molecule has 1 aromatic carbocycles. The molecular weight excluding hydrogens is 276 g/mol. The molecule has 1 unspecified atom stereocenters. The maximum Gasteiger partial charge on any atom is 0.0794 e. The first-order chi connectivity index (χ1) is 9.92. The number of rotatable bonds is 6. The average Bonchev–Trinajstić information content (AvgIpc) is 2.88. The fourth-order valence-electron chi connectivity index (χ4n) is 2.47. The summed E-state index contributed by atoms with van der Waals surface area (Å²) >= 11 is 1.76. The number of hydrogen-bond acceptors (Lipinski definition) is 3. The first-order valence-corrected chi connectivity index (χ1v) is 8.48. The summed E-state index contributed by atoms with van der Waals surface area (Å²) in [7, 11) is 0. The molecule has 1 atom stereocenters. The van der Waals surface area contributed by atoms with Crippen LogP contribution < -0.4 is 5.32 Å². The van der Waals surface area contributed by atoms with Crippen LogP contribution in [0.4, 0.5) is 0 Å². The summed E-state index contributed by atoms with van der Waals surface area (Å²) in [4.78, 5) is 5.58. The molecule has 0 amide bonds. The Kier molecular flexibility index (Phi) is 5.54. The van der Waals surface area contributed by atoms with Crippen molar-refractivity contribution in [2.45, 2.75) is 46.1 Å². The van der Waals surface area contributed by atoms with Gasteiger partial charge in [-0.05, 0) is 58.6 Å². The number of benzene rings is 1. The van der Waals surface area contributed by atoms with Crippen molar-refractivity contribution in [2.24, 2.45) is 5.92 Å². The molecule has 0 spiro atoms. The zero-order chi connectivity index (χ0) is 15.3. The van der Waals surface area contributed by atoms with Crippen LogP contribution in [0.1, 0.15) is 36.8 Å². The standard InChI is InChI=1S/C18H26N2S/c1-14-6-5-7-15(8-14)9-16(11-20-18(2,3)4)10-17-12-19-13-21-17/h5-8,12-13,16,20H,9-11H2,1-4H3. The lowest BCUT2D eigenvalue weighted by Crippen LogP contribution is -2.40. The molecule has 3 heteroatoms. The largest absolute Gasteiger partial charge is 0.312 e. The van der Waals surface area contributed by atoms with Crippen molar-refractivity contribution < 1.29 is 0 Å². The molecule has 2 aromatic rings. The van der Waals surface area contributed by atoms with Gasteiger partial charge in [0.2, 0.25) is 0 Å². The molecule has 0 fully saturated rings. The van der Waals surface area contributed by atoms with E-state index in [0.29, 0.717) is 5.92 Å². The summed E-state index contributed by atoms with van der Waals surface area (Å²) in [5, 5.41) is 3.65. The fourth-order valence-corrected chi connectivity index (χ4v) is 3.18. The highest BCUT2D eigenvalue weighted by molar-refractivity contribution is 7.09. The van der Waals surface area contributed by atoms with E-state index >= 15 is 0 Å². The van der Waals surface area contributed by atoms with Gasteiger partial charge in [0.25, 0.3) is 0 Å². The molecule has 0 aliphatic carbocycles. The van der Waals surface area contributed by atoms with Crippen LogP contribution >= 0.6 is 11.3 Å². The van der Waals surface area contributed by atoms with E-state index in [1.54, 1.807) is 11.3 Å². The van der Waals surface area contributed by atoms with E-state index < -0.39 is 0 Å². The Balaban J connectivity index is 2.03. The molecule has 0 radical (unpaired) electrons. The lowest BCUT2D eigenvalue weighted by Gasteiger charge is -2.25. The fraction of sp³-hybridized carbons (Fsp3) is 0.500. The third-order valence-electron chi connectivity index (χ3n) is 3.50. The van der Waals surface area contributed by atoms with E-state index in [4.69, 9.17) is 0 Å². The molecule has 2 rings (SSSR count). The lowest BCUT2D eigenvalue weighted by atomic mass is 9.93. The van der Waals surface area contributed by atoms with Crippen molar-refractivity contribution in [1.82, 2.24) is 10.3 Å². The van der Waals surface area contributed by atoms with E-state index in [1.165, 1.54) is 16.0 Å². The highest BCUT2D eigenvalue weighted by Crippen LogP contribution is 2.18. The summed E-state index contributed by atoms with van der Waals surface area (Å²) in [5.74, 6) is 0.603. The highest BCUT2D eigenvalue weighted by atomic mass is 32.1. The van der Waals surface area contributed by atoms with Gasteiger partial charge >= 0.3 is 0 Å².